The minimum atomic E-state index is 0.0273. The number of ketones is 1. The van der Waals surface area contributed by atoms with Gasteiger partial charge in [-0.3, -0.25) is 4.79 Å². The van der Waals surface area contributed by atoms with E-state index in [-0.39, 0.29) is 5.78 Å². The van der Waals surface area contributed by atoms with Crippen molar-refractivity contribution in [3.05, 3.63) is 36.2 Å². The van der Waals surface area contributed by atoms with Crippen LogP contribution in [0.1, 0.15) is 10.4 Å². The summed E-state index contributed by atoms with van der Waals surface area (Å²) in [5.74, 6) is 1.24. The summed E-state index contributed by atoms with van der Waals surface area (Å²) >= 11 is 0. The van der Waals surface area contributed by atoms with Crippen molar-refractivity contribution in [1.82, 2.24) is 9.80 Å². The number of carbonyl (C=O) groups excluding carboxylic acids is 1. The third-order valence-electron chi connectivity index (χ3n) is 2.99. The average Bonchev–Trinajstić information content (AvgIpc) is 2.83. The summed E-state index contributed by atoms with van der Waals surface area (Å²) < 4.78 is 10.4. The Morgan fingerprint density at radius 3 is 2.63 bits per heavy atom. The Bertz CT molecular complexity index is 499. The molecule has 19 heavy (non-hydrogen) atoms. The van der Waals surface area contributed by atoms with Crippen molar-refractivity contribution in [3.63, 3.8) is 0 Å². The maximum Gasteiger partial charge on any atom is 0.185 e. The van der Waals surface area contributed by atoms with Crippen molar-refractivity contribution in [3.8, 4) is 11.5 Å². The lowest BCUT2D eigenvalue weighted by Gasteiger charge is -2.18. The van der Waals surface area contributed by atoms with E-state index in [2.05, 4.69) is 0 Å². The maximum absolute atomic E-state index is 12.3. The SMILES string of the molecule is COc1ccc(C(=O)CN2C=CN(C)C2)c(OC)c1. The predicted molar refractivity (Wildman–Crippen MR) is 72.4 cm³/mol. The molecular weight excluding hydrogens is 244 g/mol. The van der Waals surface area contributed by atoms with E-state index in [1.165, 1.54) is 0 Å². The molecule has 0 fully saturated rings. The molecule has 1 aliphatic heterocycles. The van der Waals surface area contributed by atoms with Gasteiger partial charge in [0.05, 0.1) is 33.0 Å². The van der Waals surface area contributed by atoms with E-state index in [9.17, 15) is 4.79 Å². The van der Waals surface area contributed by atoms with Gasteiger partial charge in [0.2, 0.25) is 0 Å². The molecule has 1 aliphatic rings. The molecule has 0 saturated heterocycles. The highest BCUT2D eigenvalue weighted by atomic mass is 16.5. The number of nitrogens with zero attached hydrogens (tertiary/aromatic N) is 2. The molecule has 1 heterocycles. The molecule has 0 aliphatic carbocycles. The molecule has 2 rings (SSSR count). The number of Topliss-reactive ketones (excluding diaryl/α,β-unsaturated/α-hetero) is 1. The van der Waals surface area contributed by atoms with Crippen molar-refractivity contribution in [2.75, 3.05) is 34.5 Å². The highest BCUT2D eigenvalue weighted by Crippen LogP contribution is 2.25. The minimum Gasteiger partial charge on any atom is -0.497 e. The lowest BCUT2D eigenvalue weighted by Crippen LogP contribution is -2.28. The van der Waals surface area contributed by atoms with Crippen LogP contribution >= 0.6 is 0 Å². The summed E-state index contributed by atoms with van der Waals surface area (Å²) in [5, 5.41) is 0. The Kier molecular flexibility index (Phi) is 3.94. The van der Waals surface area contributed by atoms with Crippen LogP contribution in [0.5, 0.6) is 11.5 Å². The molecular formula is C14H18N2O3. The first-order chi connectivity index (χ1) is 9.13. The maximum atomic E-state index is 12.3. The summed E-state index contributed by atoms with van der Waals surface area (Å²) in [6.07, 6.45) is 3.85. The normalized spacial score (nSPS) is 13.8. The Hall–Kier alpha value is -2.17. The third-order valence-corrected chi connectivity index (χ3v) is 2.99. The van der Waals surface area contributed by atoms with Gasteiger partial charge in [-0.05, 0) is 12.1 Å². The van der Waals surface area contributed by atoms with Crippen LogP contribution in [0.3, 0.4) is 0 Å². The first kappa shape index (κ1) is 13.3. The van der Waals surface area contributed by atoms with E-state index in [1.807, 2.05) is 29.2 Å². The second-order valence-corrected chi connectivity index (χ2v) is 4.43. The Morgan fingerprint density at radius 2 is 2.05 bits per heavy atom. The number of benzene rings is 1. The molecule has 0 spiro atoms. The molecule has 0 aromatic heterocycles. The second kappa shape index (κ2) is 5.65. The lowest BCUT2D eigenvalue weighted by molar-refractivity contribution is 0.0945. The van der Waals surface area contributed by atoms with Crippen molar-refractivity contribution in [2.24, 2.45) is 0 Å². The number of rotatable bonds is 5. The van der Waals surface area contributed by atoms with Gasteiger partial charge in [0.25, 0.3) is 0 Å². The number of ether oxygens (including phenoxy) is 2. The molecule has 5 heteroatoms. The van der Waals surface area contributed by atoms with E-state index >= 15 is 0 Å². The largest absolute Gasteiger partial charge is 0.497 e. The summed E-state index contributed by atoms with van der Waals surface area (Å²) in [5.41, 5.74) is 0.575. The van der Waals surface area contributed by atoms with E-state index in [0.29, 0.717) is 23.6 Å². The van der Waals surface area contributed by atoms with Gasteiger partial charge in [-0.15, -0.1) is 0 Å². The molecule has 1 aromatic carbocycles. The molecule has 0 radical (unpaired) electrons. The highest BCUT2D eigenvalue weighted by Gasteiger charge is 2.17. The number of hydrogen-bond donors (Lipinski definition) is 0. The third kappa shape index (κ3) is 2.99. The molecule has 102 valence electrons. The number of carbonyl (C=O) groups is 1. The zero-order valence-corrected chi connectivity index (χ0v) is 11.4. The quantitative estimate of drug-likeness (QED) is 0.753. The monoisotopic (exact) mass is 262 g/mol. The second-order valence-electron chi connectivity index (χ2n) is 4.43. The molecule has 0 bridgehead atoms. The van der Waals surface area contributed by atoms with E-state index < -0.39 is 0 Å². The van der Waals surface area contributed by atoms with Gasteiger partial charge in [-0.2, -0.15) is 0 Å². The summed E-state index contributed by atoms with van der Waals surface area (Å²) in [7, 11) is 5.10. The molecule has 0 unspecified atom stereocenters. The summed E-state index contributed by atoms with van der Waals surface area (Å²) in [6, 6.07) is 5.23. The van der Waals surface area contributed by atoms with Gasteiger partial charge >= 0.3 is 0 Å². The van der Waals surface area contributed by atoms with Crippen LogP contribution in [0.2, 0.25) is 0 Å². The van der Waals surface area contributed by atoms with Gasteiger partial charge < -0.3 is 19.3 Å². The van der Waals surface area contributed by atoms with Crippen LogP contribution in [0.15, 0.2) is 30.6 Å². The van der Waals surface area contributed by atoms with Gasteiger partial charge in [0, 0.05) is 25.5 Å². The van der Waals surface area contributed by atoms with Gasteiger partial charge in [0.15, 0.2) is 5.78 Å². The smallest absolute Gasteiger partial charge is 0.185 e. The summed E-state index contributed by atoms with van der Waals surface area (Å²) in [6.45, 7) is 1.06. The van der Waals surface area contributed by atoms with Crippen LogP contribution in [0.4, 0.5) is 0 Å². The molecule has 0 atom stereocenters. The Balaban J connectivity index is 2.12. The topological polar surface area (TPSA) is 42.0 Å². The number of methoxy groups -OCH3 is 2. The van der Waals surface area contributed by atoms with E-state index in [4.69, 9.17) is 9.47 Å². The molecule has 0 amide bonds. The molecule has 0 saturated carbocycles. The van der Waals surface area contributed by atoms with Crippen LogP contribution in [-0.2, 0) is 0 Å². The first-order valence-corrected chi connectivity index (χ1v) is 6.02. The van der Waals surface area contributed by atoms with Crippen molar-refractivity contribution in [2.45, 2.75) is 0 Å². The zero-order valence-electron chi connectivity index (χ0n) is 11.4. The van der Waals surface area contributed by atoms with Crippen LogP contribution < -0.4 is 9.47 Å². The average molecular weight is 262 g/mol. The molecule has 5 nitrogen and oxygen atoms in total. The van der Waals surface area contributed by atoms with Crippen LogP contribution in [-0.4, -0.2) is 50.1 Å². The van der Waals surface area contributed by atoms with Crippen molar-refractivity contribution in [1.29, 1.82) is 0 Å². The lowest BCUT2D eigenvalue weighted by atomic mass is 10.1. The van der Waals surface area contributed by atoms with Gasteiger partial charge in [0.1, 0.15) is 11.5 Å². The fourth-order valence-electron chi connectivity index (χ4n) is 1.99. The predicted octanol–water partition coefficient (Wildman–Crippen LogP) is 1.56. The zero-order chi connectivity index (χ0) is 13.8. The van der Waals surface area contributed by atoms with E-state index in [1.54, 1.807) is 32.4 Å². The highest BCUT2D eigenvalue weighted by molar-refractivity contribution is 6.00. The minimum absolute atomic E-state index is 0.0273. The van der Waals surface area contributed by atoms with Gasteiger partial charge in [-0.1, -0.05) is 0 Å². The molecule has 1 aromatic rings. The Labute approximate surface area is 113 Å². The standard InChI is InChI=1S/C14H18N2O3/c1-15-6-7-16(10-15)9-13(17)12-5-4-11(18-2)8-14(12)19-3/h4-8H,9-10H2,1-3H3. The van der Waals surface area contributed by atoms with Crippen LogP contribution in [0.25, 0.3) is 0 Å². The fraction of sp³-hybridized carbons (Fsp3) is 0.357. The molecule has 0 N–H and O–H groups in total. The fourth-order valence-corrected chi connectivity index (χ4v) is 1.99. The Morgan fingerprint density at radius 1 is 1.26 bits per heavy atom. The summed E-state index contributed by atoms with van der Waals surface area (Å²) in [4.78, 5) is 16.2. The van der Waals surface area contributed by atoms with E-state index in [0.717, 1.165) is 6.67 Å². The van der Waals surface area contributed by atoms with Crippen molar-refractivity contribution < 1.29 is 14.3 Å². The first-order valence-electron chi connectivity index (χ1n) is 6.02. The number of hydrogen-bond acceptors (Lipinski definition) is 5. The van der Waals surface area contributed by atoms with Crippen LogP contribution in [0, 0.1) is 0 Å². The van der Waals surface area contributed by atoms with Crippen molar-refractivity contribution >= 4 is 5.78 Å². The van der Waals surface area contributed by atoms with Gasteiger partial charge in [-0.25, -0.2) is 0 Å².